The quantitative estimate of drug-likeness (QED) is 0.369. The number of benzene rings is 1. The largest absolute Gasteiger partial charge is 0.460 e. The van der Waals surface area contributed by atoms with Crippen LogP contribution in [0.15, 0.2) is 34.9 Å². The van der Waals surface area contributed by atoms with Gasteiger partial charge in [-0.3, -0.25) is 14.6 Å². The summed E-state index contributed by atoms with van der Waals surface area (Å²) in [5.41, 5.74) is -0.406. The first-order chi connectivity index (χ1) is 13.6. The normalized spacial score (nSPS) is 15.1. The summed E-state index contributed by atoms with van der Waals surface area (Å²) in [6, 6.07) is 6.24. The van der Waals surface area contributed by atoms with Crippen LogP contribution in [-0.4, -0.2) is 22.3 Å². The van der Waals surface area contributed by atoms with Crippen LogP contribution in [0.2, 0.25) is 5.02 Å². The van der Waals surface area contributed by atoms with Crippen LogP contribution in [0.4, 0.5) is 4.39 Å². The standard InChI is InChI=1S/C22H22BrClFNO3/c1-22(2,3)29-18(27)10-15(12-4-5-12)14-7-8-16(24)19(20(14)25)21(28)17-9-6-13(23)11-26-17/h6-9,11-12,15H,4-5,10H2,1-3H3/t15-/m1/s1. The number of aromatic nitrogens is 1. The van der Waals surface area contributed by atoms with E-state index in [0.717, 1.165) is 12.8 Å². The molecule has 0 radical (unpaired) electrons. The number of esters is 1. The van der Waals surface area contributed by atoms with Gasteiger partial charge in [-0.15, -0.1) is 0 Å². The summed E-state index contributed by atoms with van der Waals surface area (Å²) in [6.07, 6.45) is 3.35. The highest BCUT2D eigenvalue weighted by atomic mass is 79.9. The number of halogens is 3. The lowest BCUT2D eigenvalue weighted by molar-refractivity contribution is -0.155. The van der Waals surface area contributed by atoms with Crippen molar-refractivity contribution in [3.05, 3.63) is 62.6 Å². The molecule has 3 rings (SSSR count). The summed E-state index contributed by atoms with van der Waals surface area (Å²) in [5.74, 6) is -1.83. The number of carbonyl (C=O) groups excluding carboxylic acids is 2. The molecule has 1 heterocycles. The first kappa shape index (κ1) is 21.9. The maximum atomic E-state index is 15.5. The molecule has 1 aliphatic carbocycles. The predicted molar refractivity (Wildman–Crippen MR) is 113 cm³/mol. The van der Waals surface area contributed by atoms with Crippen LogP contribution in [0.5, 0.6) is 0 Å². The number of rotatable bonds is 6. The SMILES string of the molecule is CC(C)(C)OC(=O)C[C@@H](c1ccc(Cl)c(C(=O)c2ccc(Br)cn2)c1F)C1CC1. The Labute approximate surface area is 182 Å². The molecule has 1 atom stereocenters. The number of carbonyl (C=O) groups is 2. The van der Waals surface area contributed by atoms with Crippen LogP contribution in [0.3, 0.4) is 0 Å². The van der Waals surface area contributed by atoms with Gasteiger partial charge in [0, 0.05) is 16.6 Å². The minimum atomic E-state index is -0.687. The summed E-state index contributed by atoms with van der Waals surface area (Å²) < 4.78 is 21.6. The van der Waals surface area contributed by atoms with Crippen LogP contribution in [0.25, 0.3) is 0 Å². The Balaban J connectivity index is 1.94. The summed E-state index contributed by atoms with van der Waals surface area (Å²) in [4.78, 5) is 29.3. The molecule has 0 N–H and O–H groups in total. The fraction of sp³-hybridized carbons (Fsp3) is 0.409. The smallest absolute Gasteiger partial charge is 0.306 e. The van der Waals surface area contributed by atoms with Gasteiger partial charge in [0.05, 0.1) is 17.0 Å². The zero-order valence-corrected chi connectivity index (χ0v) is 18.8. The molecule has 7 heteroatoms. The first-order valence-electron chi connectivity index (χ1n) is 9.43. The molecule has 0 saturated heterocycles. The Bertz CT molecular complexity index is 936. The van der Waals surface area contributed by atoms with Crippen molar-refractivity contribution in [3.63, 3.8) is 0 Å². The van der Waals surface area contributed by atoms with Gasteiger partial charge in [0.2, 0.25) is 5.78 Å². The van der Waals surface area contributed by atoms with E-state index in [2.05, 4.69) is 20.9 Å². The summed E-state index contributed by atoms with van der Waals surface area (Å²) >= 11 is 9.44. The van der Waals surface area contributed by atoms with Crippen molar-refractivity contribution < 1.29 is 18.7 Å². The minimum Gasteiger partial charge on any atom is -0.460 e. The van der Waals surface area contributed by atoms with Crippen LogP contribution in [0.1, 0.15) is 67.6 Å². The van der Waals surface area contributed by atoms with Crippen molar-refractivity contribution in [1.29, 1.82) is 0 Å². The average molecular weight is 483 g/mol. The fourth-order valence-corrected chi connectivity index (χ4v) is 3.76. The third kappa shape index (κ3) is 5.43. The molecule has 0 bridgehead atoms. The van der Waals surface area contributed by atoms with Gasteiger partial charge < -0.3 is 4.74 Å². The number of ether oxygens (including phenoxy) is 1. The van der Waals surface area contributed by atoms with E-state index in [1.54, 1.807) is 32.9 Å². The van der Waals surface area contributed by atoms with Gasteiger partial charge in [-0.1, -0.05) is 17.7 Å². The minimum absolute atomic E-state index is 0.0211. The maximum absolute atomic E-state index is 15.5. The van der Waals surface area contributed by atoms with Crippen molar-refractivity contribution in [3.8, 4) is 0 Å². The second kappa shape index (κ2) is 8.52. The zero-order chi connectivity index (χ0) is 21.3. The molecule has 0 unspecified atom stereocenters. The molecule has 1 saturated carbocycles. The lowest BCUT2D eigenvalue weighted by Crippen LogP contribution is -2.25. The van der Waals surface area contributed by atoms with E-state index in [1.165, 1.54) is 18.3 Å². The van der Waals surface area contributed by atoms with Gasteiger partial charge in [-0.2, -0.15) is 0 Å². The molecule has 0 amide bonds. The van der Waals surface area contributed by atoms with Crippen LogP contribution >= 0.6 is 27.5 Å². The Hall–Kier alpha value is -1.79. The number of nitrogens with zero attached hydrogens (tertiary/aromatic N) is 1. The molecule has 29 heavy (non-hydrogen) atoms. The lowest BCUT2D eigenvalue weighted by atomic mass is 9.88. The van der Waals surface area contributed by atoms with E-state index in [1.807, 2.05) is 0 Å². The van der Waals surface area contributed by atoms with Crippen molar-refractivity contribution in [1.82, 2.24) is 4.98 Å². The second-order valence-electron chi connectivity index (χ2n) is 8.25. The van der Waals surface area contributed by atoms with E-state index in [9.17, 15) is 9.59 Å². The number of pyridine rings is 1. The molecule has 0 spiro atoms. The third-order valence-corrected chi connectivity index (χ3v) is 5.49. The van der Waals surface area contributed by atoms with Gasteiger partial charge in [0.15, 0.2) is 0 Å². The molecule has 2 aromatic rings. The lowest BCUT2D eigenvalue weighted by Gasteiger charge is -2.23. The summed E-state index contributed by atoms with van der Waals surface area (Å²) in [5, 5.41) is 0.0211. The van der Waals surface area contributed by atoms with E-state index in [0.29, 0.717) is 10.0 Å². The summed E-state index contributed by atoms with van der Waals surface area (Å²) in [7, 11) is 0. The molecular weight excluding hydrogens is 461 g/mol. The molecule has 154 valence electrons. The highest BCUT2D eigenvalue weighted by molar-refractivity contribution is 9.10. The van der Waals surface area contributed by atoms with Gasteiger partial charge in [-0.25, -0.2) is 4.39 Å². The zero-order valence-electron chi connectivity index (χ0n) is 16.5. The van der Waals surface area contributed by atoms with Crippen molar-refractivity contribution >= 4 is 39.3 Å². The predicted octanol–water partition coefficient (Wildman–Crippen LogP) is 6.09. The van der Waals surface area contributed by atoms with E-state index >= 15 is 4.39 Å². The first-order valence-corrected chi connectivity index (χ1v) is 10.6. The molecule has 0 aliphatic heterocycles. The van der Waals surface area contributed by atoms with Gasteiger partial charge >= 0.3 is 5.97 Å². The third-order valence-electron chi connectivity index (χ3n) is 4.71. The van der Waals surface area contributed by atoms with Gasteiger partial charge in [-0.05, 0) is 79.2 Å². The van der Waals surface area contributed by atoms with Crippen LogP contribution in [-0.2, 0) is 9.53 Å². The van der Waals surface area contributed by atoms with Gasteiger partial charge in [0.25, 0.3) is 0 Å². The monoisotopic (exact) mass is 481 g/mol. The molecule has 4 nitrogen and oxygen atoms in total. The Kier molecular flexibility index (Phi) is 6.44. The van der Waals surface area contributed by atoms with Crippen molar-refractivity contribution in [2.75, 3.05) is 0 Å². The average Bonchev–Trinajstić information content (AvgIpc) is 3.44. The molecule has 1 fully saturated rings. The van der Waals surface area contributed by atoms with E-state index < -0.39 is 17.2 Å². The number of ketones is 1. The molecular formula is C22H22BrClFNO3. The van der Waals surface area contributed by atoms with E-state index in [4.69, 9.17) is 16.3 Å². The Morgan fingerprint density at radius 3 is 2.52 bits per heavy atom. The Morgan fingerprint density at radius 2 is 1.97 bits per heavy atom. The van der Waals surface area contributed by atoms with Crippen molar-refractivity contribution in [2.45, 2.75) is 51.6 Å². The van der Waals surface area contributed by atoms with Gasteiger partial charge in [0.1, 0.15) is 17.1 Å². The van der Waals surface area contributed by atoms with Crippen molar-refractivity contribution in [2.24, 2.45) is 5.92 Å². The maximum Gasteiger partial charge on any atom is 0.306 e. The Morgan fingerprint density at radius 1 is 1.28 bits per heavy atom. The fourth-order valence-electron chi connectivity index (χ4n) is 3.29. The highest BCUT2D eigenvalue weighted by Gasteiger charge is 2.37. The number of hydrogen-bond acceptors (Lipinski definition) is 4. The molecule has 1 aromatic carbocycles. The topological polar surface area (TPSA) is 56.3 Å². The highest BCUT2D eigenvalue weighted by Crippen LogP contribution is 2.46. The summed E-state index contributed by atoms with van der Waals surface area (Å²) in [6.45, 7) is 5.38. The molecule has 1 aliphatic rings. The molecule has 1 aromatic heterocycles. The van der Waals surface area contributed by atoms with Crippen LogP contribution in [0, 0.1) is 11.7 Å². The number of hydrogen-bond donors (Lipinski definition) is 0. The second-order valence-corrected chi connectivity index (χ2v) is 9.57. The van der Waals surface area contributed by atoms with Crippen LogP contribution < -0.4 is 0 Å². The van der Waals surface area contributed by atoms with E-state index in [-0.39, 0.29) is 40.5 Å².